The molecule has 0 aliphatic rings. The van der Waals surface area contributed by atoms with Crippen molar-refractivity contribution in [3.8, 4) is 0 Å². The lowest BCUT2D eigenvalue weighted by Gasteiger charge is -2.30. The minimum atomic E-state index is -5.27. The number of hydrogen-bond acceptors (Lipinski definition) is 8. The maximum atomic E-state index is 14.2. The second-order valence-corrected chi connectivity index (χ2v) is 15.1. The van der Waals surface area contributed by atoms with Crippen LogP contribution in [0.3, 0.4) is 0 Å². The minimum Gasteiger partial charge on any atom is -0.459 e. The standard InChI is InChI=1S/C30H33ClF2NO8PS/c1-8-34(20-13-18(32)12-19(33)14-20)26(35)25(22-16-44-23-10-9-17(31)11-21(22)23)43(38,39)42-24(41-28(37)30(5,6)7)15-40-27(36)29(2,3)4/h8-14,16,24-25H,1,15H2,2-7H3,(H,38,39). The molecule has 3 aromatic rings. The van der Waals surface area contributed by atoms with E-state index in [-0.39, 0.29) is 16.3 Å². The Morgan fingerprint density at radius 3 is 2.18 bits per heavy atom. The van der Waals surface area contributed by atoms with Crippen molar-refractivity contribution in [2.75, 3.05) is 11.5 Å². The third-order valence-corrected chi connectivity index (χ3v) is 8.95. The number of anilines is 1. The number of benzene rings is 2. The number of halogens is 3. The van der Waals surface area contributed by atoms with Gasteiger partial charge in [0.2, 0.25) is 6.29 Å². The van der Waals surface area contributed by atoms with Crippen molar-refractivity contribution >= 4 is 64.2 Å². The van der Waals surface area contributed by atoms with Crippen LogP contribution >= 0.6 is 30.5 Å². The monoisotopic (exact) mass is 671 g/mol. The molecule has 1 N–H and O–H groups in total. The summed E-state index contributed by atoms with van der Waals surface area (Å²) in [5.74, 6) is -4.75. The molecule has 14 heteroatoms. The van der Waals surface area contributed by atoms with Crippen molar-refractivity contribution in [1.82, 2.24) is 0 Å². The highest BCUT2D eigenvalue weighted by molar-refractivity contribution is 7.54. The number of thiophene rings is 1. The van der Waals surface area contributed by atoms with E-state index in [1.807, 2.05) is 0 Å². The zero-order chi connectivity index (χ0) is 33.2. The predicted molar refractivity (Wildman–Crippen MR) is 164 cm³/mol. The summed E-state index contributed by atoms with van der Waals surface area (Å²) in [5.41, 5.74) is -4.43. The summed E-state index contributed by atoms with van der Waals surface area (Å²) < 4.78 is 59.1. The highest BCUT2D eigenvalue weighted by Crippen LogP contribution is 2.60. The van der Waals surface area contributed by atoms with Crippen LogP contribution in [-0.4, -0.2) is 35.6 Å². The first kappa shape index (κ1) is 35.3. The summed E-state index contributed by atoms with van der Waals surface area (Å²) in [5, 5.41) is 2.03. The Balaban J connectivity index is 2.14. The number of fused-ring (bicyclic) bond motifs is 1. The number of nitrogens with zero attached hydrogens (tertiary/aromatic N) is 1. The third-order valence-electron chi connectivity index (χ3n) is 6.05. The van der Waals surface area contributed by atoms with E-state index in [9.17, 15) is 32.6 Å². The Hall–Kier alpha value is -3.15. The van der Waals surface area contributed by atoms with Gasteiger partial charge < -0.3 is 14.4 Å². The summed E-state index contributed by atoms with van der Waals surface area (Å²) in [4.78, 5) is 51.5. The van der Waals surface area contributed by atoms with Gasteiger partial charge in [0.1, 0.15) is 11.6 Å². The third kappa shape index (κ3) is 8.51. The molecule has 238 valence electrons. The first-order valence-electron chi connectivity index (χ1n) is 13.2. The molecule has 0 bridgehead atoms. The van der Waals surface area contributed by atoms with Crippen molar-refractivity contribution in [3.05, 3.63) is 76.8 Å². The van der Waals surface area contributed by atoms with Gasteiger partial charge in [-0.05, 0) is 88.2 Å². The van der Waals surface area contributed by atoms with E-state index in [4.69, 9.17) is 25.6 Å². The quantitative estimate of drug-likeness (QED) is 0.132. The van der Waals surface area contributed by atoms with Crippen LogP contribution in [0.2, 0.25) is 5.02 Å². The molecule has 44 heavy (non-hydrogen) atoms. The number of amides is 1. The van der Waals surface area contributed by atoms with Crippen LogP contribution in [0.4, 0.5) is 14.5 Å². The van der Waals surface area contributed by atoms with Gasteiger partial charge in [-0.2, -0.15) is 0 Å². The topological polar surface area (TPSA) is 119 Å². The maximum Gasteiger partial charge on any atom is 0.348 e. The van der Waals surface area contributed by atoms with Crippen LogP contribution in [0.15, 0.2) is 54.6 Å². The summed E-state index contributed by atoms with van der Waals surface area (Å²) in [6.07, 6.45) is -0.996. The molecule has 0 saturated carbocycles. The molecule has 2 aromatic carbocycles. The lowest BCUT2D eigenvalue weighted by atomic mass is 9.97. The average Bonchev–Trinajstić information content (AvgIpc) is 3.27. The maximum absolute atomic E-state index is 14.2. The fraction of sp³-hybridized carbons (Fsp3) is 0.367. The van der Waals surface area contributed by atoms with E-state index < -0.39 is 66.5 Å². The zero-order valence-corrected chi connectivity index (χ0v) is 27.4. The van der Waals surface area contributed by atoms with Gasteiger partial charge in [-0.15, -0.1) is 11.3 Å². The number of hydrogen-bond donors (Lipinski definition) is 1. The van der Waals surface area contributed by atoms with Crippen LogP contribution < -0.4 is 4.90 Å². The molecule has 0 fully saturated rings. The summed E-state index contributed by atoms with van der Waals surface area (Å²) in [6, 6.07) is 6.98. The Morgan fingerprint density at radius 2 is 1.64 bits per heavy atom. The van der Waals surface area contributed by atoms with Gasteiger partial charge in [-0.3, -0.25) is 28.4 Å². The van der Waals surface area contributed by atoms with Crippen molar-refractivity contribution < 1.29 is 46.6 Å². The first-order valence-corrected chi connectivity index (χ1v) is 16.1. The highest BCUT2D eigenvalue weighted by Gasteiger charge is 2.46. The fourth-order valence-electron chi connectivity index (χ4n) is 3.79. The van der Waals surface area contributed by atoms with E-state index in [0.29, 0.717) is 21.1 Å². The molecule has 1 amide bonds. The van der Waals surface area contributed by atoms with Gasteiger partial charge in [0.05, 0.1) is 16.5 Å². The zero-order valence-electron chi connectivity index (χ0n) is 24.9. The largest absolute Gasteiger partial charge is 0.459 e. The second-order valence-electron chi connectivity index (χ2n) is 11.9. The number of carbonyl (C=O) groups excluding carboxylic acids is 3. The van der Waals surface area contributed by atoms with Gasteiger partial charge >= 0.3 is 19.5 Å². The van der Waals surface area contributed by atoms with Gasteiger partial charge in [0.15, 0.2) is 12.3 Å². The van der Waals surface area contributed by atoms with Gasteiger partial charge in [-0.25, -0.2) is 8.78 Å². The fourth-order valence-corrected chi connectivity index (χ4v) is 6.56. The molecule has 0 spiro atoms. The van der Waals surface area contributed by atoms with Crippen molar-refractivity contribution in [2.24, 2.45) is 10.8 Å². The Kier molecular flexibility index (Phi) is 10.8. The molecule has 1 heterocycles. The van der Waals surface area contributed by atoms with Crippen molar-refractivity contribution in [2.45, 2.75) is 53.5 Å². The SMILES string of the molecule is C=CN(C(=O)C(c1csc2ccc(Cl)cc12)P(=O)(O)OC(COC(=O)C(C)(C)C)OC(=O)C(C)(C)C)c1cc(F)cc(F)c1. The van der Waals surface area contributed by atoms with E-state index in [1.165, 1.54) is 32.2 Å². The lowest BCUT2D eigenvalue weighted by Crippen LogP contribution is -2.36. The summed E-state index contributed by atoms with van der Waals surface area (Å²) >= 11 is 7.34. The van der Waals surface area contributed by atoms with Crippen molar-refractivity contribution in [1.29, 1.82) is 0 Å². The second kappa shape index (κ2) is 13.5. The van der Waals surface area contributed by atoms with Gasteiger partial charge in [-0.1, -0.05) is 18.2 Å². The molecule has 3 atom stereocenters. The first-order chi connectivity index (χ1) is 20.2. The van der Waals surface area contributed by atoms with Gasteiger partial charge in [0, 0.05) is 22.0 Å². The molecule has 0 saturated heterocycles. The highest BCUT2D eigenvalue weighted by atomic mass is 35.5. The van der Waals surface area contributed by atoms with Crippen LogP contribution in [0.5, 0.6) is 0 Å². The van der Waals surface area contributed by atoms with Crippen LogP contribution in [-0.2, 0) is 32.9 Å². The Bertz CT molecular complexity index is 1610. The molecular formula is C30H33ClF2NO8PS. The molecule has 3 unspecified atom stereocenters. The van der Waals surface area contributed by atoms with Crippen molar-refractivity contribution in [3.63, 3.8) is 0 Å². The number of esters is 2. The normalized spacial score (nSPS) is 14.8. The molecule has 0 aliphatic heterocycles. The van der Waals surface area contributed by atoms with E-state index in [2.05, 4.69) is 6.58 Å². The van der Waals surface area contributed by atoms with E-state index in [0.717, 1.165) is 29.7 Å². The Morgan fingerprint density at radius 1 is 1.05 bits per heavy atom. The molecule has 0 radical (unpaired) electrons. The average molecular weight is 672 g/mol. The molecular weight excluding hydrogens is 639 g/mol. The molecule has 1 aromatic heterocycles. The molecule has 0 aliphatic carbocycles. The van der Waals surface area contributed by atoms with Crippen LogP contribution in [0.25, 0.3) is 10.1 Å². The number of carbonyl (C=O) groups is 3. The van der Waals surface area contributed by atoms with Gasteiger partial charge in [0.25, 0.3) is 5.91 Å². The number of ether oxygens (including phenoxy) is 2. The Labute approximate surface area is 262 Å². The smallest absolute Gasteiger partial charge is 0.348 e. The summed E-state index contributed by atoms with van der Waals surface area (Å²) in [6.45, 7) is 12.1. The van der Waals surface area contributed by atoms with Crippen LogP contribution in [0, 0.1) is 22.5 Å². The predicted octanol–water partition coefficient (Wildman–Crippen LogP) is 7.76. The van der Waals surface area contributed by atoms with Crippen LogP contribution in [0.1, 0.15) is 52.8 Å². The number of rotatable bonds is 10. The summed E-state index contributed by atoms with van der Waals surface area (Å²) in [7, 11) is -5.27. The van der Waals surface area contributed by atoms with E-state index >= 15 is 0 Å². The van der Waals surface area contributed by atoms with E-state index in [1.54, 1.807) is 32.9 Å². The minimum absolute atomic E-state index is 0.000331. The molecule has 3 rings (SSSR count). The molecule has 9 nitrogen and oxygen atoms in total. The lowest BCUT2D eigenvalue weighted by molar-refractivity contribution is -0.187.